The van der Waals surface area contributed by atoms with Crippen LogP contribution in [0.2, 0.25) is 0 Å². The zero-order valence-electron chi connectivity index (χ0n) is 10.6. The van der Waals surface area contributed by atoms with Gasteiger partial charge in [-0.3, -0.25) is 4.68 Å². The molecule has 1 fully saturated rings. The minimum atomic E-state index is -3.69. The van der Waals surface area contributed by atoms with Gasteiger partial charge in [-0.05, 0) is 6.42 Å². The number of hydrogen-bond donors (Lipinski definition) is 3. The molecule has 2 unspecified atom stereocenters. The highest BCUT2D eigenvalue weighted by atomic mass is 32.2. The number of nitrogens with zero attached hydrogens (tertiary/aromatic N) is 2. The molecule has 0 aromatic carbocycles. The Labute approximate surface area is 106 Å². The molecule has 1 aromatic heterocycles. The SMILES string of the molecule is Cn1cc(S(=O)(=O)NC2CC(O)C2(C)C)c(N)n1. The summed E-state index contributed by atoms with van der Waals surface area (Å²) in [4.78, 5) is -0.0258. The molecule has 2 rings (SSSR count). The lowest BCUT2D eigenvalue weighted by Crippen LogP contribution is -2.61. The molecule has 2 atom stereocenters. The van der Waals surface area contributed by atoms with Gasteiger partial charge in [0.1, 0.15) is 4.90 Å². The molecular formula is C10H18N4O3S. The summed E-state index contributed by atoms with van der Waals surface area (Å²) in [5.41, 5.74) is 5.09. The number of rotatable bonds is 3. The lowest BCUT2D eigenvalue weighted by Gasteiger charge is -2.49. The van der Waals surface area contributed by atoms with Crippen molar-refractivity contribution in [2.75, 3.05) is 5.73 Å². The van der Waals surface area contributed by atoms with Gasteiger partial charge in [0, 0.05) is 24.7 Å². The monoisotopic (exact) mass is 274 g/mol. The van der Waals surface area contributed by atoms with Crippen molar-refractivity contribution in [2.45, 2.75) is 37.3 Å². The van der Waals surface area contributed by atoms with Gasteiger partial charge in [-0.15, -0.1) is 0 Å². The summed E-state index contributed by atoms with van der Waals surface area (Å²) in [6.45, 7) is 3.64. The first kappa shape index (κ1) is 13.3. The van der Waals surface area contributed by atoms with Crippen LogP contribution in [0.15, 0.2) is 11.1 Å². The number of nitrogens with two attached hydrogens (primary N) is 1. The number of aromatic nitrogens is 2. The number of anilines is 1. The van der Waals surface area contributed by atoms with Crippen LogP contribution < -0.4 is 10.5 Å². The van der Waals surface area contributed by atoms with E-state index in [0.717, 1.165) is 0 Å². The quantitative estimate of drug-likeness (QED) is 0.684. The Morgan fingerprint density at radius 1 is 1.61 bits per heavy atom. The maximum absolute atomic E-state index is 12.1. The second-order valence-electron chi connectivity index (χ2n) is 5.30. The van der Waals surface area contributed by atoms with E-state index in [1.54, 1.807) is 7.05 Å². The molecule has 8 heteroatoms. The topological polar surface area (TPSA) is 110 Å². The molecule has 1 aromatic rings. The van der Waals surface area contributed by atoms with Crippen LogP contribution >= 0.6 is 0 Å². The number of sulfonamides is 1. The predicted octanol–water partition coefficient (Wildman–Crippen LogP) is -0.560. The van der Waals surface area contributed by atoms with Crippen molar-refractivity contribution in [1.29, 1.82) is 0 Å². The van der Waals surface area contributed by atoms with Gasteiger partial charge < -0.3 is 10.8 Å². The van der Waals surface area contributed by atoms with Gasteiger partial charge >= 0.3 is 0 Å². The second kappa shape index (κ2) is 3.94. The van der Waals surface area contributed by atoms with Gasteiger partial charge in [-0.2, -0.15) is 5.10 Å². The van der Waals surface area contributed by atoms with Gasteiger partial charge in [0.15, 0.2) is 5.82 Å². The smallest absolute Gasteiger partial charge is 0.246 e. The van der Waals surface area contributed by atoms with Crippen LogP contribution in [0.5, 0.6) is 0 Å². The number of nitrogen functional groups attached to an aromatic ring is 1. The summed E-state index contributed by atoms with van der Waals surface area (Å²) in [6.07, 6.45) is 1.28. The summed E-state index contributed by atoms with van der Waals surface area (Å²) in [6, 6.07) is -0.294. The van der Waals surface area contributed by atoms with E-state index in [4.69, 9.17) is 5.73 Å². The standard InChI is InChI=1S/C10H18N4O3S/c1-10(2)7(4-8(10)15)13-18(16,17)6-5-14(3)12-9(6)11/h5,7-8,13,15H,4H2,1-3H3,(H2,11,12). The van der Waals surface area contributed by atoms with Crippen molar-refractivity contribution in [2.24, 2.45) is 12.5 Å². The Balaban J connectivity index is 2.22. The fourth-order valence-corrected chi connectivity index (χ4v) is 3.55. The molecule has 0 bridgehead atoms. The average molecular weight is 274 g/mol. The zero-order valence-corrected chi connectivity index (χ0v) is 11.4. The third-order valence-electron chi connectivity index (χ3n) is 3.62. The molecule has 1 heterocycles. The molecular weight excluding hydrogens is 256 g/mol. The van der Waals surface area contributed by atoms with E-state index in [0.29, 0.717) is 6.42 Å². The van der Waals surface area contributed by atoms with Crippen LogP contribution in [0.1, 0.15) is 20.3 Å². The Morgan fingerprint density at radius 2 is 2.22 bits per heavy atom. The predicted molar refractivity (Wildman–Crippen MR) is 66.1 cm³/mol. The fourth-order valence-electron chi connectivity index (χ4n) is 2.04. The summed E-state index contributed by atoms with van der Waals surface area (Å²) < 4.78 is 28.2. The largest absolute Gasteiger partial charge is 0.392 e. The third-order valence-corrected chi connectivity index (χ3v) is 5.11. The van der Waals surface area contributed by atoms with Crippen molar-refractivity contribution in [3.8, 4) is 0 Å². The Hall–Kier alpha value is -1.12. The molecule has 1 saturated carbocycles. The molecule has 0 amide bonds. The Kier molecular flexibility index (Phi) is 2.91. The van der Waals surface area contributed by atoms with E-state index in [1.807, 2.05) is 13.8 Å². The summed E-state index contributed by atoms with van der Waals surface area (Å²) >= 11 is 0. The molecule has 102 valence electrons. The minimum Gasteiger partial charge on any atom is -0.392 e. The molecule has 1 aliphatic rings. The first-order chi connectivity index (χ1) is 8.14. The van der Waals surface area contributed by atoms with Crippen molar-refractivity contribution >= 4 is 15.8 Å². The highest BCUT2D eigenvalue weighted by Crippen LogP contribution is 2.41. The van der Waals surface area contributed by atoms with Crippen LogP contribution in [0.25, 0.3) is 0 Å². The number of aliphatic hydroxyl groups excluding tert-OH is 1. The average Bonchev–Trinajstić information content (AvgIpc) is 2.58. The minimum absolute atomic E-state index is 0.0253. The van der Waals surface area contributed by atoms with Crippen molar-refractivity contribution < 1.29 is 13.5 Å². The molecule has 7 nitrogen and oxygen atoms in total. The van der Waals surface area contributed by atoms with Gasteiger partial charge in [-0.1, -0.05) is 13.8 Å². The summed E-state index contributed by atoms with van der Waals surface area (Å²) in [7, 11) is -2.09. The van der Waals surface area contributed by atoms with E-state index >= 15 is 0 Å². The van der Waals surface area contributed by atoms with E-state index in [-0.39, 0.29) is 16.8 Å². The van der Waals surface area contributed by atoms with Gasteiger partial charge in [0.05, 0.1) is 6.10 Å². The maximum Gasteiger partial charge on any atom is 0.246 e. The number of aliphatic hydroxyl groups is 1. The number of aryl methyl sites for hydroxylation is 1. The van der Waals surface area contributed by atoms with Gasteiger partial charge in [-0.25, -0.2) is 13.1 Å². The highest BCUT2D eigenvalue weighted by molar-refractivity contribution is 7.89. The highest BCUT2D eigenvalue weighted by Gasteiger charge is 2.49. The van der Waals surface area contributed by atoms with Crippen LogP contribution in [-0.2, 0) is 17.1 Å². The fraction of sp³-hybridized carbons (Fsp3) is 0.700. The molecule has 0 saturated heterocycles. The second-order valence-corrected chi connectivity index (χ2v) is 6.98. The first-order valence-electron chi connectivity index (χ1n) is 5.64. The van der Waals surface area contributed by atoms with Gasteiger partial charge in [0.2, 0.25) is 10.0 Å². The third kappa shape index (κ3) is 2.00. The van der Waals surface area contributed by atoms with Crippen LogP contribution in [0.4, 0.5) is 5.82 Å². The van der Waals surface area contributed by atoms with Crippen LogP contribution in [0.3, 0.4) is 0 Å². The molecule has 0 radical (unpaired) electrons. The summed E-state index contributed by atoms with van der Waals surface area (Å²) in [5, 5.41) is 13.4. The normalized spacial score (nSPS) is 26.9. The Morgan fingerprint density at radius 3 is 2.61 bits per heavy atom. The molecule has 1 aliphatic carbocycles. The lowest BCUT2D eigenvalue weighted by molar-refractivity contribution is -0.0645. The van der Waals surface area contributed by atoms with E-state index in [1.165, 1.54) is 10.9 Å². The number of hydrogen-bond acceptors (Lipinski definition) is 5. The molecule has 0 spiro atoms. The molecule has 4 N–H and O–H groups in total. The van der Waals surface area contributed by atoms with Crippen molar-refractivity contribution in [3.05, 3.63) is 6.20 Å². The lowest BCUT2D eigenvalue weighted by atomic mass is 9.65. The van der Waals surface area contributed by atoms with Crippen molar-refractivity contribution in [3.63, 3.8) is 0 Å². The zero-order chi connectivity index (χ0) is 13.7. The number of nitrogens with one attached hydrogen (secondary N) is 1. The first-order valence-corrected chi connectivity index (χ1v) is 7.12. The Bertz CT molecular complexity index is 564. The molecule has 18 heavy (non-hydrogen) atoms. The van der Waals surface area contributed by atoms with Gasteiger partial charge in [0.25, 0.3) is 0 Å². The summed E-state index contributed by atoms with van der Waals surface area (Å²) in [5.74, 6) is -0.0253. The maximum atomic E-state index is 12.1. The van der Waals surface area contributed by atoms with E-state index < -0.39 is 21.5 Å². The van der Waals surface area contributed by atoms with Crippen molar-refractivity contribution in [1.82, 2.24) is 14.5 Å². The van der Waals surface area contributed by atoms with Crippen LogP contribution in [0, 0.1) is 5.41 Å². The molecule has 0 aliphatic heterocycles. The van der Waals surface area contributed by atoms with E-state index in [9.17, 15) is 13.5 Å². The van der Waals surface area contributed by atoms with Crippen LogP contribution in [-0.4, -0.2) is 35.5 Å². The van der Waals surface area contributed by atoms with E-state index in [2.05, 4.69) is 9.82 Å².